The van der Waals surface area contributed by atoms with Crippen LogP contribution in [0.3, 0.4) is 0 Å². The maximum absolute atomic E-state index is 11.7. The maximum atomic E-state index is 11.7. The van der Waals surface area contributed by atoms with Crippen LogP contribution in [0.15, 0.2) is 30.3 Å². The van der Waals surface area contributed by atoms with Crippen molar-refractivity contribution in [3.63, 3.8) is 0 Å². The minimum atomic E-state index is -1.29. The molecule has 2 unspecified atom stereocenters. The molecular weight excluding hydrogens is 292 g/mol. The highest BCUT2D eigenvalue weighted by Gasteiger charge is 2.47. The Kier molecular flexibility index (Phi) is 4.84. The van der Waals surface area contributed by atoms with Crippen molar-refractivity contribution >= 4 is 23.6 Å². The second-order valence-corrected chi connectivity index (χ2v) is 4.50. The molecule has 0 saturated carbocycles. The number of hydrogen-bond donors (Lipinski definition) is 2. The van der Waals surface area contributed by atoms with E-state index in [0.29, 0.717) is 0 Å². The fraction of sp³-hybridized carbons (Fsp3) is 0.286. The summed E-state index contributed by atoms with van der Waals surface area (Å²) < 4.78 is 9.16. The molecule has 0 bridgehead atoms. The number of Topliss-reactive ketones (excluding diaryl/α,β-unsaturated/α-hetero) is 2. The Morgan fingerprint density at radius 1 is 1.23 bits per heavy atom. The van der Waals surface area contributed by atoms with Crippen molar-refractivity contribution in [3.8, 4) is 0 Å². The zero-order chi connectivity index (χ0) is 16.1. The summed E-state index contributed by atoms with van der Waals surface area (Å²) in [4.78, 5) is 45.6. The number of carbonyl (C=O) groups is 4. The Balaban J connectivity index is 1.76. The fourth-order valence-corrected chi connectivity index (χ4v) is 1.82. The Hall–Kier alpha value is -2.74. The van der Waals surface area contributed by atoms with E-state index in [-0.39, 0.29) is 6.61 Å². The molecule has 2 rings (SSSR count). The molecule has 1 aromatic carbocycles. The van der Waals surface area contributed by atoms with Crippen LogP contribution in [-0.2, 0) is 30.5 Å². The Morgan fingerprint density at radius 3 is 2.50 bits per heavy atom. The van der Waals surface area contributed by atoms with Gasteiger partial charge in [-0.05, 0) is 5.56 Å². The first-order chi connectivity index (χ1) is 10.5. The highest BCUT2D eigenvalue weighted by molar-refractivity contribution is 6.41. The number of benzene rings is 1. The summed E-state index contributed by atoms with van der Waals surface area (Å²) in [5.74, 6) is -2.73. The first-order valence-electron chi connectivity index (χ1n) is 6.42. The molecule has 0 spiro atoms. The predicted octanol–water partition coefficient (Wildman–Crippen LogP) is -0.478. The van der Waals surface area contributed by atoms with E-state index in [1.165, 1.54) is 0 Å². The first kappa shape index (κ1) is 15.6. The lowest BCUT2D eigenvalue weighted by molar-refractivity contribution is -0.156. The summed E-state index contributed by atoms with van der Waals surface area (Å²) in [6.45, 7) is 0.0537. The van der Waals surface area contributed by atoms with E-state index in [4.69, 9.17) is 4.74 Å². The van der Waals surface area contributed by atoms with Gasteiger partial charge in [0.1, 0.15) is 18.8 Å². The number of hydrogen-bond acceptors (Lipinski definition) is 7. The Labute approximate surface area is 125 Å². The highest BCUT2D eigenvalue weighted by atomic mass is 16.5. The van der Waals surface area contributed by atoms with E-state index in [1.54, 1.807) is 24.3 Å². The van der Waals surface area contributed by atoms with Crippen LogP contribution >= 0.6 is 0 Å². The third kappa shape index (κ3) is 3.47. The Bertz CT molecular complexity index is 601. The van der Waals surface area contributed by atoms with Crippen molar-refractivity contribution in [1.82, 2.24) is 10.6 Å². The summed E-state index contributed by atoms with van der Waals surface area (Å²) in [5.41, 5.74) is 0.796. The number of ether oxygens (including phenoxy) is 2. The average Bonchev–Trinajstić information content (AvgIpc) is 2.55. The number of methoxy groups -OCH3 is 1. The van der Waals surface area contributed by atoms with Gasteiger partial charge in [-0.2, -0.15) is 0 Å². The van der Waals surface area contributed by atoms with Crippen LogP contribution in [0.4, 0.5) is 4.79 Å². The maximum Gasteiger partial charge on any atom is 0.409 e. The number of alkyl carbamates (subject to hydrolysis) is 1. The fourth-order valence-electron chi connectivity index (χ4n) is 1.82. The van der Waals surface area contributed by atoms with Crippen LogP contribution in [-0.4, -0.2) is 42.9 Å². The number of rotatable bonds is 5. The molecule has 0 aromatic heterocycles. The zero-order valence-corrected chi connectivity index (χ0v) is 11.7. The van der Waals surface area contributed by atoms with Crippen LogP contribution in [0.25, 0.3) is 0 Å². The van der Waals surface area contributed by atoms with Crippen molar-refractivity contribution in [1.29, 1.82) is 0 Å². The van der Waals surface area contributed by atoms with Crippen LogP contribution in [0.2, 0.25) is 0 Å². The van der Waals surface area contributed by atoms with Gasteiger partial charge in [0.05, 0.1) is 7.11 Å². The van der Waals surface area contributed by atoms with Gasteiger partial charge >= 0.3 is 12.1 Å². The van der Waals surface area contributed by atoms with E-state index in [2.05, 4.69) is 15.4 Å². The standard InChI is InChI=1S/C14H14N2O6/c1-21-13(19)11(18)9-10(17)12(15-9)16-14(20)22-7-8-5-3-2-4-6-8/h2-6,9,12,15H,7H2,1H3,(H,16,20). The number of nitrogens with one attached hydrogen (secondary N) is 2. The lowest BCUT2D eigenvalue weighted by atomic mass is 9.97. The lowest BCUT2D eigenvalue weighted by Crippen LogP contribution is -2.72. The quantitative estimate of drug-likeness (QED) is 0.429. The van der Waals surface area contributed by atoms with Gasteiger partial charge in [-0.15, -0.1) is 0 Å². The van der Waals surface area contributed by atoms with Gasteiger partial charge in [-0.3, -0.25) is 20.2 Å². The summed E-state index contributed by atoms with van der Waals surface area (Å²) in [5, 5.41) is 4.71. The van der Waals surface area contributed by atoms with E-state index in [1.807, 2.05) is 6.07 Å². The molecule has 0 radical (unpaired) electrons. The monoisotopic (exact) mass is 306 g/mol. The van der Waals surface area contributed by atoms with Crippen molar-refractivity contribution in [2.75, 3.05) is 7.11 Å². The van der Waals surface area contributed by atoms with Gasteiger partial charge < -0.3 is 9.47 Å². The third-order valence-electron chi connectivity index (χ3n) is 3.03. The Morgan fingerprint density at radius 2 is 1.91 bits per heavy atom. The first-order valence-corrected chi connectivity index (χ1v) is 6.42. The van der Waals surface area contributed by atoms with E-state index in [9.17, 15) is 19.2 Å². The summed E-state index contributed by atoms with van der Waals surface area (Å²) in [7, 11) is 1.04. The van der Waals surface area contributed by atoms with Crippen LogP contribution in [0.1, 0.15) is 5.56 Å². The second-order valence-electron chi connectivity index (χ2n) is 4.50. The van der Waals surface area contributed by atoms with Crippen molar-refractivity contribution < 1.29 is 28.7 Å². The smallest absolute Gasteiger partial charge is 0.409 e. The molecule has 1 aliphatic rings. The zero-order valence-electron chi connectivity index (χ0n) is 11.7. The van der Waals surface area contributed by atoms with Gasteiger partial charge in [-0.25, -0.2) is 9.59 Å². The van der Waals surface area contributed by atoms with E-state index < -0.39 is 35.8 Å². The predicted molar refractivity (Wildman–Crippen MR) is 72.5 cm³/mol. The van der Waals surface area contributed by atoms with Crippen LogP contribution in [0, 0.1) is 0 Å². The molecule has 1 saturated heterocycles. The molecule has 8 nitrogen and oxygen atoms in total. The molecule has 1 amide bonds. The van der Waals surface area contributed by atoms with E-state index in [0.717, 1.165) is 12.7 Å². The van der Waals surface area contributed by atoms with Crippen molar-refractivity contribution in [2.24, 2.45) is 0 Å². The van der Waals surface area contributed by atoms with Gasteiger partial charge in [0, 0.05) is 0 Å². The molecule has 2 N–H and O–H groups in total. The van der Waals surface area contributed by atoms with Crippen LogP contribution < -0.4 is 10.6 Å². The third-order valence-corrected chi connectivity index (χ3v) is 3.03. The topological polar surface area (TPSA) is 111 Å². The van der Waals surface area contributed by atoms with Gasteiger partial charge in [0.2, 0.25) is 0 Å². The number of amides is 1. The second kappa shape index (κ2) is 6.81. The summed E-state index contributed by atoms with van der Waals surface area (Å²) in [6, 6.07) is 7.72. The summed E-state index contributed by atoms with van der Waals surface area (Å²) >= 11 is 0. The highest BCUT2D eigenvalue weighted by Crippen LogP contribution is 2.08. The largest absolute Gasteiger partial charge is 0.463 e. The SMILES string of the molecule is COC(=O)C(=O)C1NC(NC(=O)OCc2ccccc2)C1=O. The molecular formula is C14H14N2O6. The molecule has 22 heavy (non-hydrogen) atoms. The molecule has 2 atom stereocenters. The van der Waals surface area contributed by atoms with Crippen molar-refractivity contribution in [3.05, 3.63) is 35.9 Å². The molecule has 1 fully saturated rings. The van der Waals surface area contributed by atoms with Crippen molar-refractivity contribution in [2.45, 2.75) is 18.8 Å². The molecule has 1 aliphatic heterocycles. The van der Waals surface area contributed by atoms with Gasteiger partial charge in [0.25, 0.3) is 5.78 Å². The van der Waals surface area contributed by atoms with Gasteiger partial charge in [0.15, 0.2) is 5.78 Å². The molecule has 8 heteroatoms. The number of ketones is 2. The van der Waals surface area contributed by atoms with Crippen LogP contribution in [0.5, 0.6) is 0 Å². The van der Waals surface area contributed by atoms with Gasteiger partial charge in [-0.1, -0.05) is 30.3 Å². The molecule has 116 valence electrons. The lowest BCUT2D eigenvalue weighted by Gasteiger charge is -2.33. The number of carbonyl (C=O) groups excluding carboxylic acids is 4. The minimum Gasteiger partial charge on any atom is -0.463 e. The molecule has 0 aliphatic carbocycles. The average molecular weight is 306 g/mol. The minimum absolute atomic E-state index is 0.0537. The number of esters is 1. The molecule has 1 aromatic rings. The normalized spacial score (nSPS) is 19.8. The summed E-state index contributed by atoms with van der Waals surface area (Å²) in [6.07, 6.45) is -1.86. The van der Waals surface area contributed by atoms with E-state index >= 15 is 0 Å². The molecule has 1 heterocycles.